The lowest BCUT2D eigenvalue weighted by Crippen LogP contribution is -2.33. The molecule has 0 aromatic rings. The van der Waals surface area contributed by atoms with Crippen LogP contribution in [0.3, 0.4) is 0 Å². The number of rotatable bonds is 7. The Bertz CT molecular complexity index is 284. The minimum absolute atomic E-state index is 0.116. The van der Waals surface area contributed by atoms with Gasteiger partial charge in [0.25, 0.3) is 0 Å². The van der Waals surface area contributed by atoms with E-state index in [4.69, 9.17) is 10.8 Å². The van der Waals surface area contributed by atoms with E-state index in [9.17, 15) is 9.59 Å². The number of nitrogens with two attached hydrogens (primary N) is 1. The predicted octanol–water partition coefficient (Wildman–Crippen LogP) is 1.32. The second kappa shape index (κ2) is 7.36. The molecule has 0 aromatic carbocycles. The van der Waals surface area contributed by atoms with Gasteiger partial charge in [0.15, 0.2) is 0 Å². The molecule has 0 aliphatic carbocycles. The summed E-state index contributed by atoms with van der Waals surface area (Å²) in [5.74, 6) is -0.728. The highest BCUT2D eigenvalue weighted by Gasteiger charge is 2.25. The Morgan fingerprint density at radius 3 is 2.22 bits per heavy atom. The van der Waals surface area contributed by atoms with Crippen molar-refractivity contribution >= 4 is 11.9 Å². The third-order valence-corrected chi connectivity index (χ3v) is 3.24. The van der Waals surface area contributed by atoms with Crippen LogP contribution in [0.25, 0.3) is 0 Å². The zero-order chi connectivity index (χ0) is 14.3. The molecule has 0 fully saturated rings. The van der Waals surface area contributed by atoms with Gasteiger partial charge in [-0.3, -0.25) is 9.59 Å². The molecular weight excluding hydrogens is 232 g/mol. The number of amides is 1. The number of carbonyl (C=O) groups is 2. The van der Waals surface area contributed by atoms with Gasteiger partial charge < -0.3 is 15.7 Å². The lowest BCUT2D eigenvalue weighted by Gasteiger charge is -2.30. The molecule has 106 valence electrons. The summed E-state index contributed by atoms with van der Waals surface area (Å²) in [5.41, 5.74) is 5.70. The quantitative estimate of drug-likeness (QED) is 0.721. The zero-order valence-corrected chi connectivity index (χ0v) is 11.9. The molecule has 0 aromatic heterocycles. The average molecular weight is 258 g/mol. The molecule has 5 heteroatoms. The van der Waals surface area contributed by atoms with E-state index in [1.165, 1.54) is 11.9 Å². The van der Waals surface area contributed by atoms with E-state index in [0.29, 0.717) is 18.9 Å². The normalized spacial score (nSPS) is 13.2. The Morgan fingerprint density at radius 2 is 1.83 bits per heavy atom. The van der Waals surface area contributed by atoms with Crippen molar-refractivity contribution in [3.05, 3.63) is 0 Å². The molecule has 0 heterocycles. The van der Waals surface area contributed by atoms with Crippen molar-refractivity contribution in [3.63, 3.8) is 0 Å². The molecule has 5 nitrogen and oxygen atoms in total. The monoisotopic (exact) mass is 258 g/mol. The second-order valence-electron chi connectivity index (χ2n) is 5.82. The van der Waals surface area contributed by atoms with Gasteiger partial charge in [0.05, 0.1) is 0 Å². The molecule has 0 aliphatic rings. The second-order valence-corrected chi connectivity index (χ2v) is 5.82. The maximum atomic E-state index is 11.7. The van der Waals surface area contributed by atoms with Crippen LogP contribution in [0.5, 0.6) is 0 Å². The van der Waals surface area contributed by atoms with Gasteiger partial charge >= 0.3 is 5.97 Å². The highest BCUT2D eigenvalue weighted by atomic mass is 16.4. The Kier molecular flexibility index (Phi) is 6.91. The number of carbonyl (C=O) groups excluding carboxylic acids is 1. The van der Waals surface area contributed by atoms with E-state index in [-0.39, 0.29) is 17.9 Å². The Labute approximate surface area is 109 Å². The largest absolute Gasteiger partial charge is 0.480 e. The molecule has 0 aliphatic heterocycles. The number of likely N-dealkylation sites (N-methyl/N-ethyl adjacent to an activating group) is 1. The minimum Gasteiger partial charge on any atom is -0.480 e. The first kappa shape index (κ1) is 16.9. The van der Waals surface area contributed by atoms with Gasteiger partial charge in [-0.1, -0.05) is 20.8 Å². The summed E-state index contributed by atoms with van der Waals surface area (Å²) in [4.78, 5) is 23.5. The van der Waals surface area contributed by atoms with Crippen LogP contribution < -0.4 is 5.73 Å². The fourth-order valence-corrected chi connectivity index (χ4v) is 1.99. The Morgan fingerprint density at radius 1 is 1.28 bits per heavy atom. The van der Waals surface area contributed by atoms with Gasteiger partial charge in [0.1, 0.15) is 6.54 Å². The van der Waals surface area contributed by atoms with Gasteiger partial charge in [-0.2, -0.15) is 0 Å². The lowest BCUT2D eigenvalue weighted by molar-refractivity contribution is -0.143. The van der Waals surface area contributed by atoms with Gasteiger partial charge in [-0.15, -0.1) is 0 Å². The summed E-state index contributed by atoms with van der Waals surface area (Å²) in [6, 6.07) is 0. The number of carboxylic acids is 1. The molecule has 0 radical (unpaired) electrons. The third kappa shape index (κ3) is 6.59. The van der Waals surface area contributed by atoms with Crippen LogP contribution in [0.4, 0.5) is 0 Å². The minimum atomic E-state index is -0.986. The molecular formula is C13H26N2O3. The smallest absolute Gasteiger partial charge is 0.323 e. The van der Waals surface area contributed by atoms with Crippen LogP contribution in [0.2, 0.25) is 0 Å². The number of aliphatic carboxylic acids is 1. The topological polar surface area (TPSA) is 83.6 Å². The van der Waals surface area contributed by atoms with Gasteiger partial charge in [-0.25, -0.2) is 0 Å². The number of nitrogens with zero attached hydrogens (tertiary/aromatic N) is 1. The van der Waals surface area contributed by atoms with Gasteiger partial charge in [0, 0.05) is 13.5 Å². The molecule has 0 bridgehead atoms. The van der Waals surface area contributed by atoms with Gasteiger partial charge in [0.2, 0.25) is 5.91 Å². The van der Waals surface area contributed by atoms with Crippen molar-refractivity contribution in [1.82, 2.24) is 4.90 Å². The molecule has 0 spiro atoms. The first-order chi connectivity index (χ1) is 8.18. The molecule has 3 N–H and O–H groups in total. The van der Waals surface area contributed by atoms with Crippen molar-refractivity contribution in [1.29, 1.82) is 0 Å². The zero-order valence-electron chi connectivity index (χ0n) is 11.9. The SMILES string of the molecule is CN(CC(=O)O)C(=O)CCC(CCN)C(C)(C)C. The van der Waals surface area contributed by atoms with Crippen molar-refractivity contribution < 1.29 is 14.7 Å². The summed E-state index contributed by atoms with van der Waals surface area (Å²) in [7, 11) is 1.52. The van der Waals surface area contributed by atoms with Crippen LogP contribution in [-0.4, -0.2) is 42.0 Å². The molecule has 1 unspecified atom stereocenters. The highest BCUT2D eigenvalue weighted by molar-refractivity contribution is 5.80. The highest BCUT2D eigenvalue weighted by Crippen LogP contribution is 2.32. The summed E-state index contributed by atoms with van der Waals surface area (Å²) >= 11 is 0. The summed E-state index contributed by atoms with van der Waals surface area (Å²) in [6.45, 7) is 6.79. The Hall–Kier alpha value is -1.10. The molecule has 0 saturated heterocycles. The lowest BCUT2D eigenvalue weighted by atomic mass is 9.76. The van der Waals surface area contributed by atoms with E-state index in [2.05, 4.69) is 20.8 Å². The molecule has 0 saturated carbocycles. The fourth-order valence-electron chi connectivity index (χ4n) is 1.99. The van der Waals surface area contributed by atoms with Crippen molar-refractivity contribution in [2.75, 3.05) is 20.1 Å². The van der Waals surface area contributed by atoms with Crippen molar-refractivity contribution in [2.24, 2.45) is 17.1 Å². The first-order valence-electron chi connectivity index (χ1n) is 6.34. The van der Waals surface area contributed by atoms with Crippen LogP contribution >= 0.6 is 0 Å². The first-order valence-corrected chi connectivity index (χ1v) is 6.34. The van der Waals surface area contributed by atoms with Crippen LogP contribution in [0, 0.1) is 11.3 Å². The van der Waals surface area contributed by atoms with Crippen molar-refractivity contribution in [3.8, 4) is 0 Å². The maximum Gasteiger partial charge on any atom is 0.323 e. The fraction of sp³-hybridized carbons (Fsp3) is 0.846. The predicted molar refractivity (Wildman–Crippen MR) is 71.1 cm³/mol. The van der Waals surface area contributed by atoms with E-state index in [1.54, 1.807) is 0 Å². The standard InChI is InChI=1S/C13H26N2O3/c1-13(2,3)10(7-8-14)5-6-11(16)15(4)9-12(17)18/h10H,5-9,14H2,1-4H3,(H,17,18). The summed E-state index contributed by atoms with van der Waals surface area (Å²) in [5, 5.41) is 8.61. The summed E-state index contributed by atoms with van der Waals surface area (Å²) in [6.07, 6.45) is 2.02. The summed E-state index contributed by atoms with van der Waals surface area (Å²) < 4.78 is 0. The van der Waals surface area contributed by atoms with Crippen molar-refractivity contribution in [2.45, 2.75) is 40.0 Å². The average Bonchev–Trinajstić information content (AvgIpc) is 2.20. The molecule has 0 rings (SSSR count). The Balaban J connectivity index is 4.27. The number of hydrogen-bond donors (Lipinski definition) is 2. The maximum absolute atomic E-state index is 11.7. The van der Waals surface area contributed by atoms with Crippen LogP contribution in [-0.2, 0) is 9.59 Å². The van der Waals surface area contributed by atoms with Crippen LogP contribution in [0.1, 0.15) is 40.0 Å². The molecule has 1 amide bonds. The van der Waals surface area contributed by atoms with E-state index >= 15 is 0 Å². The molecule has 18 heavy (non-hydrogen) atoms. The van der Waals surface area contributed by atoms with E-state index < -0.39 is 5.97 Å². The van der Waals surface area contributed by atoms with Gasteiger partial charge in [-0.05, 0) is 30.7 Å². The van der Waals surface area contributed by atoms with E-state index in [1.807, 2.05) is 0 Å². The van der Waals surface area contributed by atoms with Crippen LogP contribution in [0.15, 0.2) is 0 Å². The molecule has 1 atom stereocenters. The van der Waals surface area contributed by atoms with E-state index in [0.717, 1.165) is 12.8 Å². The number of carboxylic acid groups (broad SMARTS) is 1. The third-order valence-electron chi connectivity index (χ3n) is 3.24. The number of hydrogen-bond acceptors (Lipinski definition) is 3.